The number of amides is 1. The van der Waals surface area contributed by atoms with Crippen molar-refractivity contribution in [1.82, 2.24) is 14.5 Å². The zero-order valence-electron chi connectivity index (χ0n) is 21.9. The lowest BCUT2D eigenvalue weighted by atomic mass is 10.0. The molecule has 7 nitrogen and oxygen atoms in total. The number of thiazole rings is 1. The summed E-state index contributed by atoms with van der Waals surface area (Å²) in [7, 11) is 3.42. The SMILES string of the molecule is C[C@@H]1CN(c2cc(F)c(-c3ccc4ncsc4c3)cc2NC(=O)c2cn(C)c(=O)cc2C(F)F)C[C@H](C)N1C. The third-order valence-corrected chi connectivity index (χ3v) is 8.21. The second-order valence-corrected chi connectivity index (χ2v) is 10.9. The Morgan fingerprint density at radius 2 is 1.82 bits per heavy atom. The number of aryl methyl sites for hydroxylation is 1. The number of carbonyl (C=O) groups is 1. The summed E-state index contributed by atoms with van der Waals surface area (Å²) in [5.74, 6) is -1.28. The van der Waals surface area contributed by atoms with Crippen molar-refractivity contribution in [3.8, 4) is 11.1 Å². The lowest BCUT2D eigenvalue weighted by Gasteiger charge is -2.44. The molecule has 2 atom stereocenters. The van der Waals surface area contributed by atoms with Gasteiger partial charge in [0.25, 0.3) is 17.9 Å². The molecule has 0 saturated carbocycles. The molecular formula is C28H28F3N5O2S. The number of nitrogens with zero attached hydrogens (tertiary/aromatic N) is 4. The molecule has 0 spiro atoms. The summed E-state index contributed by atoms with van der Waals surface area (Å²) in [6.07, 6.45) is -1.92. The zero-order valence-corrected chi connectivity index (χ0v) is 22.7. The molecule has 1 N–H and O–H groups in total. The lowest BCUT2D eigenvalue weighted by Crippen LogP contribution is -2.55. The van der Waals surface area contributed by atoms with Crippen LogP contribution in [0.5, 0.6) is 0 Å². The Kier molecular flexibility index (Phi) is 7.21. The van der Waals surface area contributed by atoms with Crippen LogP contribution in [0.3, 0.4) is 0 Å². The van der Waals surface area contributed by atoms with Crippen LogP contribution in [-0.2, 0) is 7.05 Å². The van der Waals surface area contributed by atoms with Crippen LogP contribution in [0, 0.1) is 5.82 Å². The number of hydrogen-bond donors (Lipinski definition) is 1. The van der Waals surface area contributed by atoms with Crippen molar-refractivity contribution in [2.24, 2.45) is 7.05 Å². The van der Waals surface area contributed by atoms with Crippen LogP contribution in [0.1, 0.15) is 36.2 Å². The largest absolute Gasteiger partial charge is 0.367 e. The van der Waals surface area contributed by atoms with Crippen LogP contribution in [0.25, 0.3) is 21.3 Å². The molecule has 1 aliphatic heterocycles. The van der Waals surface area contributed by atoms with Gasteiger partial charge in [-0.15, -0.1) is 11.3 Å². The van der Waals surface area contributed by atoms with Crippen molar-refractivity contribution in [1.29, 1.82) is 0 Å². The van der Waals surface area contributed by atoms with E-state index < -0.39 is 29.3 Å². The van der Waals surface area contributed by atoms with Gasteiger partial charge in [-0.3, -0.25) is 14.5 Å². The molecule has 2 aromatic heterocycles. The first-order valence-corrected chi connectivity index (χ1v) is 13.4. The predicted molar refractivity (Wildman–Crippen MR) is 149 cm³/mol. The monoisotopic (exact) mass is 555 g/mol. The number of pyridine rings is 1. The Hall–Kier alpha value is -3.70. The molecule has 1 saturated heterocycles. The van der Waals surface area contributed by atoms with Gasteiger partial charge in [-0.05, 0) is 50.7 Å². The molecule has 0 radical (unpaired) electrons. The van der Waals surface area contributed by atoms with Crippen molar-refractivity contribution >= 4 is 38.8 Å². The third-order valence-electron chi connectivity index (χ3n) is 7.42. The number of nitrogens with one attached hydrogen (secondary N) is 1. The van der Waals surface area contributed by atoms with E-state index >= 15 is 4.39 Å². The molecule has 11 heteroatoms. The Labute approximate surface area is 227 Å². The highest BCUT2D eigenvalue weighted by Crippen LogP contribution is 2.37. The van der Waals surface area contributed by atoms with E-state index in [0.29, 0.717) is 30.0 Å². The molecule has 39 heavy (non-hydrogen) atoms. The van der Waals surface area contributed by atoms with Crippen molar-refractivity contribution in [3.05, 3.63) is 75.4 Å². The van der Waals surface area contributed by atoms with Gasteiger partial charge >= 0.3 is 0 Å². The Bertz CT molecular complexity index is 1610. The van der Waals surface area contributed by atoms with E-state index in [1.165, 1.54) is 24.5 Å². The fourth-order valence-corrected chi connectivity index (χ4v) is 5.69. The maximum atomic E-state index is 15.7. The molecule has 3 heterocycles. The Morgan fingerprint density at radius 3 is 2.51 bits per heavy atom. The number of anilines is 2. The summed E-state index contributed by atoms with van der Waals surface area (Å²) in [5.41, 5.74) is 2.48. The highest BCUT2D eigenvalue weighted by atomic mass is 32.1. The van der Waals surface area contributed by atoms with Crippen molar-refractivity contribution in [3.63, 3.8) is 0 Å². The zero-order chi connectivity index (χ0) is 28.0. The van der Waals surface area contributed by atoms with E-state index in [1.54, 1.807) is 23.7 Å². The molecule has 0 aliphatic carbocycles. The molecule has 0 unspecified atom stereocenters. The number of aromatic nitrogens is 2. The minimum Gasteiger partial charge on any atom is -0.367 e. The number of benzene rings is 2. The highest BCUT2D eigenvalue weighted by Gasteiger charge is 2.30. The summed E-state index contributed by atoms with van der Waals surface area (Å²) in [6, 6.07) is 9.40. The molecule has 204 valence electrons. The van der Waals surface area contributed by atoms with E-state index in [-0.39, 0.29) is 23.2 Å². The Morgan fingerprint density at radius 1 is 1.10 bits per heavy atom. The predicted octanol–water partition coefficient (Wildman–Crippen LogP) is 5.52. The number of halogens is 3. The summed E-state index contributed by atoms with van der Waals surface area (Å²) in [4.78, 5) is 33.9. The number of fused-ring (bicyclic) bond motifs is 1. The molecule has 4 aromatic rings. The van der Waals surface area contributed by atoms with Gasteiger partial charge in [0.15, 0.2) is 0 Å². The van der Waals surface area contributed by atoms with E-state index in [4.69, 9.17) is 0 Å². The van der Waals surface area contributed by atoms with E-state index in [2.05, 4.69) is 29.0 Å². The van der Waals surface area contributed by atoms with Crippen molar-refractivity contribution < 1.29 is 18.0 Å². The van der Waals surface area contributed by atoms with E-state index in [1.807, 2.05) is 18.0 Å². The summed E-state index contributed by atoms with van der Waals surface area (Å²) in [6.45, 7) is 5.29. The maximum Gasteiger partial charge on any atom is 0.264 e. The third kappa shape index (κ3) is 5.16. The first kappa shape index (κ1) is 26.9. The van der Waals surface area contributed by atoms with Gasteiger partial charge in [-0.25, -0.2) is 18.2 Å². The van der Waals surface area contributed by atoms with Crippen molar-refractivity contribution in [2.45, 2.75) is 32.4 Å². The topological polar surface area (TPSA) is 70.5 Å². The van der Waals surface area contributed by atoms with Gasteiger partial charge in [0.2, 0.25) is 0 Å². The standard InChI is InChI=1S/C28H28F3N5O2S/c1-15-11-36(12-16(2)35(15)4)24-10-21(29)18(17-5-6-22-25(7-17)39-14-32-22)8-23(24)33-28(38)20-13-34(3)26(37)9-19(20)27(30)31/h5-10,13-16,27H,11-12H2,1-4H3,(H,33,38)/t15-,16+. The average Bonchev–Trinajstić information content (AvgIpc) is 3.37. The molecule has 2 aromatic carbocycles. The van der Waals surface area contributed by atoms with Gasteiger partial charge in [-0.1, -0.05) is 6.07 Å². The fraction of sp³-hybridized carbons (Fsp3) is 0.321. The van der Waals surface area contributed by atoms with E-state index in [9.17, 15) is 18.4 Å². The summed E-state index contributed by atoms with van der Waals surface area (Å²) in [5, 5.41) is 2.76. The number of rotatable bonds is 5. The van der Waals surface area contributed by atoms with Gasteiger partial charge in [0.05, 0.1) is 32.7 Å². The number of hydrogen-bond acceptors (Lipinski definition) is 6. The second kappa shape index (κ2) is 10.5. The number of alkyl halides is 2. The van der Waals surface area contributed by atoms with Gasteiger partial charge < -0.3 is 14.8 Å². The molecule has 5 rings (SSSR count). The summed E-state index contributed by atoms with van der Waals surface area (Å²) >= 11 is 1.43. The summed E-state index contributed by atoms with van der Waals surface area (Å²) < 4.78 is 45.2. The minimum atomic E-state index is -3.02. The smallest absolute Gasteiger partial charge is 0.264 e. The van der Waals surface area contributed by atoms with Crippen LogP contribution in [0.4, 0.5) is 24.5 Å². The van der Waals surface area contributed by atoms with Gasteiger partial charge in [0, 0.05) is 55.6 Å². The van der Waals surface area contributed by atoms with Crippen LogP contribution < -0.4 is 15.8 Å². The minimum absolute atomic E-state index is 0.155. The van der Waals surface area contributed by atoms with Gasteiger partial charge in [0.1, 0.15) is 5.82 Å². The van der Waals surface area contributed by atoms with Crippen molar-refractivity contribution in [2.75, 3.05) is 30.4 Å². The molecule has 1 fully saturated rings. The normalized spacial score (nSPS) is 18.2. The Balaban J connectivity index is 1.62. The lowest BCUT2D eigenvalue weighted by molar-refractivity contribution is 0.101. The highest BCUT2D eigenvalue weighted by molar-refractivity contribution is 7.16. The quantitative estimate of drug-likeness (QED) is 0.351. The van der Waals surface area contributed by atoms with Crippen LogP contribution in [-0.4, -0.2) is 52.6 Å². The number of carbonyl (C=O) groups excluding carboxylic acids is 1. The second-order valence-electron chi connectivity index (χ2n) is 10.00. The molecule has 1 aliphatic rings. The van der Waals surface area contributed by atoms with Crippen LogP contribution in [0.15, 0.2) is 52.9 Å². The first-order valence-electron chi connectivity index (χ1n) is 12.5. The van der Waals surface area contributed by atoms with Crippen LogP contribution >= 0.6 is 11.3 Å². The number of piperazine rings is 1. The van der Waals surface area contributed by atoms with Gasteiger partial charge in [-0.2, -0.15) is 0 Å². The molecular weight excluding hydrogens is 527 g/mol. The maximum absolute atomic E-state index is 15.7. The van der Waals surface area contributed by atoms with Crippen LogP contribution in [0.2, 0.25) is 0 Å². The average molecular weight is 556 g/mol. The number of likely N-dealkylation sites (N-methyl/N-ethyl adjacent to an activating group) is 1. The van der Waals surface area contributed by atoms with E-state index in [0.717, 1.165) is 27.0 Å². The fourth-order valence-electron chi connectivity index (χ4n) is 4.97. The first-order chi connectivity index (χ1) is 18.5. The molecule has 1 amide bonds. The molecule has 0 bridgehead atoms.